The lowest BCUT2D eigenvalue weighted by atomic mass is 10.1. The number of nitrogens with one attached hydrogen (secondary N) is 4. The van der Waals surface area contributed by atoms with E-state index in [-0.39, 0.29) is 23.0 Å². The number of rotatable bonds is 5. The van der Waals surface area contributed by atoms with Gasteiger partial charge in [-0.2, -0.15) is 0 Å². The molecule has 4 aromatic rings. The number of halogens is 1. The zero-order chi connectivity index (χ0) is 22.8. The second kappa shape index (κ2) is 8.59. The van der Waals surface area contributed by atoms with Crippen LogP contribution in [-0.2, 0) is 16.1 Å². The molecule has 162 valence electrons. The zero-order valence-corrected chi connectivity index (χ0v) is 17.9. The number of amides is 2. The molecule has 2 aromatic heterocycles. The third-order valence-corrected chi connectivity index (χ3v) is 5.14. The summed E-state index contributed by atoms with van der Waals surface area (Å²) in [5.41, 5.74) is -0.844. The number of carbonyl (C=O) groups is 2. The highest BCUT2D eigenvalue weighted by Gasteiger charge is 2.13. The summed E-state index contributed by atoms with van der Waals surface area (Å²) in [7, 11) is 0. The van der Waals surface area contributed by atoms with Gasteiger partial charge in [0.05, 0.1) is 40.2 Å². The molecule has 11 nitrogen and oxygen atoms in total. The van der Waals surface area contributed by atoms with Crippen LogP contribution in [0.5, 0.6) is 0 Å². The molecule has 0 unspecified atom stereocenters. The van der Waals surface area contributed by atoms with Gasteiger partial charge in [0.25, 0.3) is 16.7 Å². The molecule has 2 heterocycles. The van der Waals surface area contributed by atoms with Crippen molar-refractivity contribution < 1.29 is 9.59 Å². The summed E-state index contributed by atoms with van der Waals surface area (Å²) in [6.45, 7) is -0.734. The summed E-state index contributed by atoms with van der Waals surface area (Å²) in [4.78, 5) is 65.2. The minimum Gasteiger partial charge on any atom is -0.345 e. The molecule has 12 heteroatoms. The first kappa shape index (κ1) is 21.2. The first-order valence-corrected chi connectivity index (χ1v) is 10.1. The van der Waals surface area contributed by atoms with Crippen LogP contribution >= 0.6 is 15.9 Å². The van der Waals surface area contributed by atoms with E-state index in [0.717, 1.165) is 4.57 Å². The third kappa shape index (κ3) is 4.21. The minimum absolute atomic E-state index is 0.0240. The lowest BCUT2D eigenvalue weighted by Crippen LogP contribution is -2.37. The van der Waals surface area contributed by atoms with Gasteiger partial charge in [0.2, 0.25) is 11.8 Å². The minimum atomic E-state index is -0.613. The van der Waals surface area contributed by atoms with E-state index < -0.39 is 35.0 Å². The maximum Gasteiger partial charge on any atom is 0.272 e. The van der Waals surface area contributed by atoms with Crippen LogP contribution in [0.25, 0.3) is 21.7 Å². The first-order chi connectivity index (χ1) is 15.3. The fourth-order valence-electron chi connectivity index (χ4n) is 3.16. The highest BCUT2D eigenvalue weighted by molar-refractivity contribution is 9.10. The monoisotopic (exact) mass is 498 g/mol. The van der Waals surface area contributed by atoms with Gasteiger partial charge in [-0.05, 0) is 30.3 Å². The Balaban J connectivity index is 1.44. The molecule has 4 N–H and O–H groups in total. The molecule has 0 fully saturated rings. The summed E-state index contributed by atoms with van der Waals surface area (Å²) in [6, 6.07) is 9.49. The van der Waals surface area contributed by atoms with Crippen molar-refractivity contribution in [1.29, 1.82) is 0 Å². The van der Waals surface area contributed by atoms with Crippen LogP contribution in [0, 0.1) is 0 Å². The van der Waals surface area contributed by atoms with E-state index in [0.29, 0.717) is 15.4 Å². The van der Waals surface area contributed by atoms with Crippen molar-refractivity contribution in [3.05, 3.63) is 78.3 Å². The second-order valence-corrected chi connectivity index (χ2v) is 7.72. The number of hydrogen-bond donors (Lipinski definition) is 4. The Morgan fingerprint density at radius 3 is 2.59 bits per heavy atom. The Morgan fingerprint density at radius 2 is 1.78 bits per heavy atom. The maximum atomic E-state index is 12.6. The number of hydrogen-bond acceptors (Lipinski definition) is 6. The highest BCUT2D eigenvalue weighted by atomic mass is 79.9. The summed E-state index contributed by atoms with van der Waals surface area (Å²) in [5, 5.41) is 9.81. The predicted molar refractivity (Wildman–Crippen MR) is 121 cm³/mol. The molecule has 0 bridgehead atoms. The largest absolute Gasteiger partial charge is 0.345 e. The number of H-pyrrole nitrogens is 2. The summed E-state index contributed by atoms with van der Waals surface area (Å²) in [6.07, 6.45) is 1.26. The predicted octanol–water partition coefficient (Wildman–Crippen LogP) is 0.444. The molecule has 2 aromatic carbocycles. The molecule has 0 saturated heterocycles. The first-order valence-electron chi connectivity index (χ1n) is 9.28. The molecule has 0 saturated carbocycles. The Labute approximate surface area is 186 Å². The summed E-state index contributed by atoms with van der Waals surface area (Å²) < 4.78 is 1.84. The van der Waals surface area contributed by atoms with Gasteiger partial charge in [-0.25, -0.2) is 4.98 Å². The van der Waals surface area contributed by atoms with Crippen molar-refractivity contribution in [2.24, 2.45) is 0 Å². The molecule has 0 spiro atoms. The SMILES string of the molecule is O=C(Cn1cnc2ccc(Br)cc2c1=O)NCC(=O)Nc1cccc2c(=O)[nH][nH]c(=O)c12. The van der Waals surface area contributed by atoms with E-state index in [9.17, 15) is 24.0 Å². The molecule has 0 atom stereocenters. The highest BCUT2D eigenvalue weighted by Crippen LogP contribution is 2.16. The Morgan fingerprint density at radius 1 is 1.00 bits per heavy atom. The van der Waals surface area contributed by atoms with Crippen LogP contribution in [0.4, 0.5) is 5.69 Å². The number of carbonyl (C=O) groups excluding carboxylic acids is 2. The van der Waals surface area contributed by atoms with Gasteiger partial charge in [-0.3, -0.25) is 38.7 Å². The van der Waals surface area contributed by atoms with Gasteiger partial charge < -0.3 is 10.6 Å². The Kier molecular flexibility index (Phi) is 5.69. The van der Waals surface area contributed by atoms with Gasteiger partial charge in [-0.15, -0.1) is 0 Å². The average Bonchev–Trinajstić information content (AvgIpc) is 2.77. The molecular formula is C20H15BrN6O5. The average molecular weight is 499 g/mol. The van der Waals surface area contributed by atoms with E-state index in [1.54, 1.807) is 18.2 Å². The number of aromatic amines is 2. The quantitative estimate of drug-likeness (QED) is 0.312. The molecule has 32 heavy (non-hydrogen) atoms. The second-order valence-electron chi connectivity index (χ2n) is 6.80. The van der Waals surface area contributed by atoms with E-state index in [2.05, 4.69) is 41.7 Å². The number of anilines is 1. The Bertz CT molecular complexity index is 1550. The van der Waals surface area contributed by atoms with Gasteiger partial charge >= 0.3 is 0 Å². The lowest BCUT2D eigenvalue weighted by Gasteiger charge is -2.10. The van der Waals surface area contributed by atoms with Crippen molar-refractivity contribution >= 4 is 55.1 Å². The summed E-state index contributed by atoms with van der Waals surface area (Å²) in [5.74, 6) is -1.19. The fourth-order valence-corrected chi connectivity index (χ4v) is 3.52. The van der Waals surface area contributed by atoms with E-state index in [1.807, 2.05) is 0 Å². The molecule has 0 aliphatic rings. The summed E-state index contributed by atoms with van der Waals surface area (Å²) >= 11 is 3.29. The van der Waals surface area contributed by atoms with Gasteiger partial charge in [-0.1, -0.05) is 22.0 Å². The normalized spacial score (nSPS) is 10.9. The fraction of sp³-hybridized carbons (Fsp3) is 0.100. The third-order valence-electron chi connectivity index (χ3n) is 4.65. The van der Waals surface area contributed by atoms with Gasteiger partial charge in [0, 0.05) is 4.47 Å². The van der Waals surface area contributed by atoms with Crippen LogP contribution in [-0.4, -0.2) is 38.1 Å². The molecule has 0 radical (unpaired) electrons. The van der Waals surface area contributed by atoms with E-state index in [1.165, 1.54) is 24.5 Å². The van der Waals surface area contributed by atoms with Crippen LogP contribution < -0.4 is 27.3 Å². The lowest BCUT2D eigenvalue weighted by molar-refractivity contribution is -0.124. The molecule has 0 aliphatic carbocycles. The van der Waals surface area contributed by atoms with E-state index in [4.69, 9.17) is 0 Å². The molecule has 4 rings (SSSR count). The van der Waals surface area contributed by atoms with Crippen molar-refractivity contribution in [3.8, 4) is 0 Å². The number of nitrogens with zero attached hydrogens (tertiary/aromatic N) is 2. The van der Waals surface area contributed by atoms with Crippen LogP contribution in [0.1, 0.15) is 0 Å². The number of benzene rings is 2. The van der Waals surface area contributed by atoms with E-state index >= 15 is 0 Å². The van der Waals surface area contributed by atoms with Gasteiger partial charge in [0.1, 0.15) is 6.54 Å². The molecular weight excluding hydrogens is 484 g/mol. The molecule has 0 aliphatic heterocycles. The Hall–Kier alpha value is -4.06. The standard InChI is InChI=1S/C20H15BrN6O5/c21-10-4-5-13-12(6-10)20(32)27(9-23-13)8-16(29)22-7-15(28)24-14-3-1-2-11-17(14)19(31)26-25-18(11)30/h1-6,9H,7-8H2,(H,22,29)(H,24,28)(H,25,30)(H,26,31). The van der Waals surface area contributed by atoms with Crippen molar-refractivity contribution in [2.75, 3.05) is 11.9 Å². The van der Waals surface area contributed by atoms with Crippen molar-refractivity contribution in [3.63, 3.8) is 0 Å². The van der Waals surface area contributed by atoms with Gasteiger partial charge in [0.15, 0.2) is 0 Å². The number of aromatic nitrogens is 4. The smallest absolute Gasteiger partial charge is 0.272 e. The van der Waals surface area contributed by atoms with Crippen molar-refractivity contribution in [2.45, 2.75) is 6.54 Å². The van der Waals surface area contributed by atoms with Crippen LogP contribution in [0.15, 0.2) is 61.6 Å². The number of fused-ring (bicyclic) bond motifs is 2. The van der Waals surface area contributed by atoms with Crippen LogP contribution in [0.2, 0.25) is 0 Å². The zero-order valence-electron chi connectivity index (χ0n) is 16.3. The maximum absolute atomic E-state index is 12.6. The van der Waals surface area contributed by atoms with Crippen LogP contribution in [0.3, 0.4) is 0 Å². The van der Waals surface area contributed by atoms with Crippen molar-refractivity contribution in [1.82, 2.24) is 25.1 Å². The molecule has 2 amide bonds. The topological polar surface area (TPSA) is 159 Å².